The fourth-order valence-corrected chi connectivity index (χ4v) is 1.91. The summed E-state index contributed by atoms with van der Waals surface area (Å²) in [5, 5.41) is 2.80. The van der Waals surface area contributed by atoms with Crippen LogP contribution in [0.15, 0.2) is 22.9 Å². The van der Waals surface area contributed by atoms with Crippen molar-refractivity contribution in [1.29, 1.82) is 0 Å². The third kappa shape index (κ3) is 2.41. The molecular weight excluding hydrogens is 272 g/mol. The summed E-state index contributed by atoms with van der Waals surface area (Å²) in [7, 11) is 0. The smallest absolute Gasteiger partial charge is 0.256 e. The van der Waals surface area contributed by atoms with Crippen molar-refractivity contribution in [3.63, 3.8) is 0 Å². The maximum Gasteiger partial charge on any atom is 0.256 e. The van der Waals surface area contributed by atoms with Crippen molar-refractivity contribution in [2.75, 3.05) is 11.9 Å². The van der Waals surface area contributed by atoms with E-state index in [2.05, 4.69) is 26.2 Å². The molecule has 0 aromatic carbocycles. The van der Waals surface area contributed by atoms with Gasteiger partial charge in [-0.3, -0.25) is 4.79 Å². The third-order valence-electron chi connectivity index (χ3n) is 2.68. The SMILES string of the molecule is CC1(C(=O)Nc2ccc(Br)nc2)CCCO1. The van der Waals surface area contributed by atoms with Crippen LogP contribution in [0, 0.1) is 0 Å². The number of carbonyl (C=O) groups is 1. The standard InChI is InChI=1S/C11H13BrN2O2/c1-11(5-2-6-16-11)10(15)14-8-3-4-9(12)13-7-8/h3-4,7H,2,5-6H2,1H3,(H,14,15). The molecule has 0 saturated carbocycles. The predicted molar refractivity (Wildman–Crippen MR) is 64.2 cm³/mol. The highest BCUT2D eigenvalue weighted by Crippen LogP contribution is 2.26. The van der Waals surface area contributed by atoms with Crippen LogP contribution in [0.4, 0.5) is 5.69 Å². The maximum absolute atomic E-state index is 11.9. The Bertz CT molecular complexity index is 385. The number of carbonyl (C=O) groups excluding carboxylic acids is 1. The number of halogens is 1. The minimum atomic E-state index is -0.687. The van der Waals surface area contributed by atoms with Gasteiger partial charge in [-0.25, -0.2) is 4.98 Å². The lowest BCUT2D eigenvalue weighted by molar-refractivity contribution is -0.133. The summed E-state index contributed by atoms with van der Waals surface area (Å²) in [5.74, 6) is -0.103. The maximum atomic E-state index is 11.9. The molecule has 1 aromatic heterocycles. The van der Waals surface area contributed by atoms with Crippen LogP contribution in [-0.2, 0) is 9.53 Å². The van der Waals surface area contributed by atoms with E-state index in [4.69, 9.17) is 4.74 Å². The molecule has 1 amide bonds. The zero-order valence-corrected chi connectivity index (χ0v) is 10.6. The molecule has 4 nitrogen and oxygen atoms in total. The summed E-state index contributed by atoms with van der Waals surface area (Å²) in [6.07, 6.45) is 3.31. The lowest BCUT2D eigenvalue weighted by Gasteiger charge is -2.21. The number of anilines is 1. The van der Waals surface area contributed by atoms with E-state index in [9.17, 15) is 4.79 Å². The van der Waals surface area contributed by atoms with Gasteiger partial charge in [0.05, 0.1) is 11.9 Å². The number of pyridine rings is 1. The molecular formula is C11H13BrN2O2. The number of rotatable bonds is 2. The van der Waals surface area contributed by atoms with Crippen LogP contribution >= 0.6 is 15.9 Å². The number of nitrogens with one attached hydrogen (secondary N) is 1. The molecule has 86 valence electrons. The van der Waals surface area contributed by atoms with Gasteiger partial charge >= 0.3 is 0 Å². The summed E-state index contributed by atoms with van der Waals surface area (Å²) in [6.45, 7) is 2.48. The minimum absolute atomic E-state index is 0.103. The molecule has 0 aliphatic carbocycles. The van der Waals surface area contributed by atoms with E-state index >= 15 is 0 Å². The Morgan fingerprint density at radius 3 is 3.00 bits per heavy atom. The lowest BCUT2D eigenvalue weighted by atomic mass is 10.0. The zero-order valence-electron chi connectivity index (χ0n) is 9.00. The van der Waals surface area contributed by atoms with Crippen molar-refractivity contribution < 1.29 is 9.53 Å². The first kappa shape index (κ1) is 11.5. The van der Waals surface area contributed by atoms with Gasteiger partial charge in [0.25, 0.3) is 5.91 Å². The highest BCUT2D eigenvalue weighted by Gasteiger charge is 2.37. The Labute approximate surface area is 103 Å². The molecule has 1 atom stereocenters. The van der Waals surface area contributed by atoms with Crippen LogP contribution in [0.1, 0.15) is 19.8 Å². The van der Waals surface area contributed by atoms with Crippen LogP contribution in [0.5, 0.6) is 0 Å². The molecule has 2 heterocycles. The number of hydrogen-bond acceptors (Lipinski definition) is 3. The monoisotopic (exact) mass is 284 g/mol. The summed E-state index contributed by atoms with van der Waals surface area (Å²) >= 11 is 3.24. The van der Waals surface area contributed by atoms with Crippen molar-refractivity contribution in [2.24, 2.45) is 0 Å². The van der Waals surface area contributed by atoms with E-state index in [1.165, 1.54) is 0 Å². The van der Waals surface area contributed by atoms with Crippen LogP contribution < -0.4 is 5.32 Å². The van der Waals surface area contributed by atoms with Crippen molar-refractivity contribution in [1.82, 2.24) is 4.98 Å². The highest BCUT2D eigenvalue weighted by molar-refractivity contribution is 9.10. The molecule has 1 aromatic rings. The Kier molecular flexibility index (Phi) is 3.25. The molecule has 1 aliphatic heterocycles. The van der Waals surface area contributed by atoms with Crippen molar-refractivity contribution in [3.8, 4) is 0 Å². The molecule has 0 spiro atoms. The normalized spacial score (nSPS) is 24.4. The summed E-state index contributed by atoms with van der Waals surface area (Å²) in [6, 6.07) is 3.58. The van der Waals surface area contributed by atoms with Gasteiger partial charge in [0.1, 0.15) is 10.2 Å². The van der Waals surface area contributed by atoms with Crippen LogP contribution in [-0.4, -0.2) is 23.1 Å². The van der Waals surface area contributed by atoms with Crippen molar-refractivity contribution >= 4 is 27.5 Å². The van der Waals surface area contributed by atoms with E-state index in [0.29, 0.717) is 12.3 Å². The molecule has 1 unspecified atom stereocenters. The molecule has 1 N–H and O–H groups in total. The van der Waals surface area contributed by atoms with Gasteiger partial charge in [-0.15, -0.1) is 0 Å². The van der Waals surface area contributed by atoms with E-state index in [1.54, 1.807) is 18.3 Å². The van der Waals surface area contributed by atoms with E-state index in [0.717, 1.165) is 17.4 Å². The summed E-state index contributed by atoms with van der Waals surface area (Å²) in [5.41, 5.74) is -0.00231. The first-order valence-electron chi connectivity index (χ1n) is 5.17. The molecule has 1 fully saturated rings. The number of hydrogen-bond donors (Lipinski definition) is 1. The Hall–Kier alpha value is -0.940. The molecule has 0 bridgehead atoms. The molecule has 1 aliphatic rings. The van der Waals surface area contributed by atoms with Gasteiger partial charge in [0.2, 0.25) is 0 Å². The summed E-state index contributed by atoms with van der Waals surface area (Å²) in [4.78, 5) is 16.0. The fourth-order valence-electron chi connectivity index (χ4n) is 1.67. The Morgan fingerprint density at radius 1 is 1.62 bits per heavy atom. The van der Waals surface area contributed by atoms with E-state index in [-0.39, 0.29) is 5.91 Å². The van der Waals surface area contributed by atoms with Gasteiger partial charge in [0.15, 0.2) is 0 Å². The first-order chi connectivity index (χ1) is 7.60. The molecule has 1 saturated heterocycles. The zero-order chi connectivity index (χ0) is 11.6. The van der Waals surface area contributed by atoms with Crippen molar-refractivity contribution in [2.45, 2.75) is 25.4 Å². The second-order valence-corrected chi connectivity index (χ2v) is 4.82. The molecule has 5 heteroatoms. The first-order valence-corrected chi connectivity index (χ1v) is 5.96. The van der Waals surface area contributed by atoms with Gasteiger partial charge in [0, 0.05) is 6.61 Å². The molecule has 2 rings (SSSR count). The van der Waals surface area contributed by atoms with Gasteiger partial charge < -0.3 is 10.1 Å². The lowest BCUT2D eigenvalue weighted by Crippen LogP contribution is -2.39. The average molecular weight is 285 g/mol. The highest BCUT2D eigenvalue weighted by atomic mass is 79.9. The van der Waals surface area contributed by atoms with E-state index in [1.807, 2.05) is 6.92 Å². The van der Waals surface area contributed by atoms with Crippen LogP contribution in [0.25, 0.3) is 0 Å². The quantitative estimate of drug-likeness (QED) is 0.849. The topological polar surface area (TPSA) is 51.2 Å². The van der Waals surface area contributed by atoms with Gasteiger partial charge in [-0.05, 0) is 47.8 Å². The number of amides is 1. The molecule has 0 radical (unpaired) electrons. The van der Waals surface area contributed by atoms with Gasteiger partial charge in [-0.1, -0.05) is 0 Å². The fraction of sp³-hybridized carbons (Fsp3) is 0.455. The van der Waals surface area contributed by atoms with Crippen LogP contribution in [0.3, 0.4) is 0 Å². The number of nitrogens with zero attached hydrogens (tertiary/aromatic N) is 1. The molecule has 16 heavy (non-hydrogen) atoms. The van der Waals surface area contributed by atoms with Crippen LogP contribution in [0.2, 0.25) is 0 Å². The van der Waals surface area contributed by atoms with E-state index < -0.39 is 5.60 Å². The number of aromatic nitrogens is 1. The largest absolute Gasteiger partial charge is 0.365 e. The number of ether oxygens (including phenoxy) is 1. The predicted octanol–water partition coefficient (Wildman–Crippen LogP) is 2.35. The summed E-state index contributed by atoms with van der Waals surface area (Å²) < 4.78 is 6.20. The average Bonchev–Trinajstić information content (AvgIpc) is 2.70. The minimum Gasteiger partial charge on any atom is -0.365 e. The second-order valence-electron chi connectivity index (χ2n) is 4.01. The third-order valence-corrected chi connectivity index (χ3v) is 3.15. The van der Waals surface area contributed by atoms with Gasteiger partial charge in [-0.2, -0.15) is 0 Å². The Balaban J connectivity index is 2.04. The Morgan fingerprint density at radius 2 is 2.44 bits per heavy atom. The van der Waals surface area contributed by atoms with Crippen molar-refractivity contribution in [3.05, 3.63) is 22.9 Å². The second kappa shape index (κ2) is 4.51.